The molecule has 0 spiro atoms. The lowest BCUT2D eigenvalue weighted by molar-refractivity contribution is -0.142. The number of nitrogens with zero attached hydrogens (tertiary/aromatic N) is 3. The molecule has 2 heterocycles. The molecule has 0 unspecified atom stereocenters. The highest BCUT2D eigenvalue weighted by Gasteiger charge is 2.48. The highest BCUT2D eigenvalue weighted by atomic mass is 32.2. The summed E-state index contributed by atoms with van der Waals surface area (Å²) in [5.74, 6) is -3.24. The summed E-state index contributed by atoms with van der Waals surface area (Å²) in [7, 11) is -3.64. The van der Waals surface area contributed by atoms with E-state index in [1.807, 2.05) is 0 Å². The first-order valence-corrected chi connectivity index (χ1v) is 12.6. The molecule has 0 aliphatic heterocycles. The molecule has 1 aliphatic carbocycles. The molecule has 196 valence electrons. The van der Waals surface area contributed by atoms with E-state index in [1.54, 1.807) is 0 Å². The molecule has 1 aromatic carbocycles. The van der Waals surface area contributed by atoms with Gasteiger partial charge in [0, 0.05) is 29.3 Å². The number of anilines is 1. The Morgan fingerprint density at radius 3 is 2.38 bits per heavy atom. The largest absolute Gasteiger partial charge is 0.435 e. The number of hydrogen-bond donors (Lipinski definition) is 1. The van der Waals surface area contributed by atoms with Crippen molar-refractivity contribution >= 4 is 21.4 Å². The van der Waals surface area contributed by atoms with E-state index in [1.165, 1.54) is 25.1 Å². The van der Waals surface area contributed by atoms with Gasteiger partial charge in [-0.25, -0.2) is 22.2 Å². The second kappa shape index (κ2) is 9.01. The minimum atomic E-state index is -4.97. The van der Waals surface area contributed by atoms with Gasteiger partial charge in [-0.3, -0.25) is 4.79 Å². The number of aromatic nitrogens is 3. The molecule has 0 bridgehead atoms. The lowest BCUT2D eigenvalue weighted by Crippen LogP contribution is -2.21. The average molecular weight is 542 g/mol. The normalized spacial score (nSPS) is 14.8. The number of carbonyl (C=O) groups excluding carboxylic acids is 1. The molecule has 1 fully saturated rings. The Labute approximate surface area is 207 Å². The number of pyridine rings is 1. The standard InChI is InChI=1S/C23H19F5N4O4S/c1-11-16(19(33)30-13-5-4-6-14(9-13)37(3,34)35)21(32-31-18(11)23(26,27)28)36-20-12(2)17(24)15(10-29-20)22(25)7-8-22/h4-6,9-10H,7-8H2,1-3H3,(H,30,33). The van der Waals surface area contributed by atoms with Gasteiger partial charge in [-0.2, -0.15) is 13.2 Å². The number of sulfone groups is 1. The van der Waals surface area contributed by atoms with Crippen molar-refractivity contribution in [2.75, 3.05) is 11.6 Å². The van der Waals surface area contributed by atoms with Gasteiger partial charge in [0.25, 0.3) is 11.8 Å². The summed E-state index contributed by atoms with van der Waals surface area (Å²) in [4.78, 5) is 16.8. The number of amides is 1. The smallest absolute Gasteiger partial charge is 0.418 e. The molecule has 1 amide bonds. The van der Waals surface area contributed by atoms with Crippen molar-refractivity contribution in [1.82, 2.24) is 15.2 Å². The zero-order chi connectivity index (χ0) is 27.3. The third-order valence-electron chi connectivity index (χ3n) is 5.76. The number of halogens is 5. The van der Waals surface area contributed by atoms with Crippen molar-refractivity contribution in [2.24, 2.45) is 0 Å². The highest BCUT2D eigenvalue weighted by molar-refractivity contribution is 7.90. The fourth-order valence-electron chi connectivity index (χ4n) is 3.56. The number of rotatable bonds is 6. The predicted molar refractivity (Wildman–Crippen MR) is 120 cm³/mol. The maximum Gasteiger partial charge on any atom is 0.435 e. The lowest BCUT2D eigenvalue weighted by Gasteiger charge is -2.17. The number of benzene rings is 1. The minimum absolute atomic E-state index is 0.0361. The van der Waals surface area contributed by atoms with Crippen LogP contribution in [-0.2, 0) is 21.7 Å². The van der Waals surface area contributed by atoms with E-state index in [0.29, 0.717) is 0 Å². The van der Waals surface area contributed by atoms with Gasteiger partial charge in [-0.1, -0.05) is 6.07 Å². The summed E-state index contributed by atoms with van der Waals surface area (Å²) < 4.78 is 98.8. The molecule has 1 saturated carbocycles. The molecule has 14 heteroatoms. The summed E-state index contributed by atoms with van der Waals surface area (Å²) in [6.45, 7) is 2.20. The van der Waals surface area contributed by atoms with Crippen molar-refractivity contribution in [2.45, 2.75) is 43.4 Å². The quantitative estimate of drug-likeness (QED) is 0.434. The summed E-state index contributed by atoms with van der Waals surface area (Å²) in [5.41, 5.74) is -5.19. The maximum atomic E-state index is 14.8. The third-order valence-corrected chi connectivity index (χ3v) is 6.87. The first-order valence-electron chi connectivity index (χ1n) is 10.7. The van der Waals surface area contributed by atoms with Gasteiger partial charge in [-0.15, -0.1) is 10.2 Å². The number of alkyl halides is 4. The zero-order valence-electron chi connectivity index (χ0n) is 19.6. The molecule has 0 saturated heterocycles. The number of ether oxygens (including phenoxy) is 1. The molecule has 2 aromatic heterocycles. The highest BCUT2D eigenvalue weighted by Crippen LogP contribution is 2.51. The monoisotopic (exact) mass is 542 g/mol. The lowest BCUT2D eigenvalue weighted by atomic mass is 10.1. The maximum absolute atomic E-state index is 14.8. The Bertz CT molecular complexity index is 1520. The van der Waals surface area contributed by atoms with Crippen LogP contribution in [0.15, 0.2) is 35.4 Å². The first kappa shape index (κ1) is 26.4. The number of hydrogen-bond acceptors (Lipinski definition) is 7. The van der Waals surface area contributed by atoms with Gasteiger partial charge in [0.2, 0.25) is 5.88 Å². The van der Waals surface area contributed by atoms with Crippen molar-refractivity contribution in [3.63, 3.8) is 0 Å². The van der Waals surface area contributed by atoms with Crippen molar-refractivity contribution < 1.29 is 39.9 Å². The Morgan fingerprint density at radius 1 is 1.11 bits per heavy atom. The Balaban J connectivity index is 1.76. The third kappa shape index (κ3) is 5.24. The molecule has 0 radical (unpaired) electrons. The second-order valence-electron chi connectivity index (χ2n) is 8.59. The average Bonchev–Trinajstić information content (AvgIpc) is 3.53. The molecule has 37 heavy (non-hydrogen) atoms. The van der Waals surface area contributed by atoms with E-state index >= 15 is 0 Å². The van der Waals surface area contributed by atoms with Crippen molar-refractivity contribution in [3.05, 3.63) is 64.2 Å². The molecule has 8 nitrogen and oxygen atoms in total. The zero-order valence-corrected chi connectivity index (χ0v) is 20.4. The van der Waals surface area contributed by atoms with Gasteiger partial charge in [-0.05, 0) is 50.5 Å². The van der Waals surface area contributed by atoms with Gasteiger partial charge in [0.1, 0.15) is 17.0 Å². The van der Waals surface area contributed by atoms with Crippen molar-refractivity contribution in [1.29, 1.82) is 0 Å². The van der Waals surface area contributed by atoms with Gasteiger partial charge >= 0.3 is 6.18 Å². The topological polar surface area (TPSA) is 111 Å². The van der Waals surface area contributed by atoms with Gasteiger partial charge in [0.15, 0.2) is 15.5 Å². The fraction of sp³-hybridized carbons (Fsp3) is 0.304. The molecule has 1 aliphatic rings. The SMILES string of the molecule is Cc1c(Oc2nnc(C(F)(F)F)c(C)c2C(=O)Nc2cccc(S(C)(=O)=O)c2)ncc(C2(F)CC2)c1F. The van der Waals surface area contributed by atoms with Gasteiger partial charge < -0.3 is 10.1 Å². The predicted octanol–water partition coefficient (Wildman–Crippen LogP) is 5.05. The Morgan fingerprint density at radius 2 is 1.78 bits per heavy atom. The Kier molecular flexibility index (Phi) is 6.42. The molecular formula is C23H19F5N4O4S. The molecule has 3 aromatic rings. The first-order chi connectivity index (χ1) is 17.1. The van der Waals surface area contributed by atoms with Crippen molar-refractivity contribution in [3.8, 4) is 11.8 Å². The summed E-state index contributed by atoms with van der Waals surface area (Å²) in [5, 5.41) is 8.83. The van der Waals surface area contributed by atoms with E-state index in [9.17, 15) is 35.2 Å². The van der Waals surface area contributed by atoms with E-state index < -0.39 is 62.0 Å². The van der Waals surface area contributed by atoms with Crippen LogP contribution in [0.4, 0.5) is 27.6 Å². The summed E-state index contributed by atoms with van der Waals surface area (Å²) in [6.07, 6.45) is -2.85. The van der Waals surface area contributed by atoms with E-state index in [2.05, 4.69) is 20.5 Å². The van der Waals surface area contributed by atoms with Crippen LogP contribution in [0.25, 0.3) is 0 Å². The van der Waals surface area contributed by atoms with Gasteiger partial charge in [0.05, 0.1) is 4.90 Å². The Hall–Kier alpha value is -3.68. The fourth-order valence-corrected chi connectivity index (χ4v) is 4.23. The van der Waals surface area contributed by atoms with Crippen LogP contribution in [0.3, 0.4) is 0 Å². The minimum Gasteiger partial charge on any atom is -0.418 e. The van der Waals surface area contributed by atoms with Crippen LogP contribution in [0.5, 0.6) is 11.8 Å². The molecule has 0 atom stereocenters. The summed E-state index contributed by atoms with van der Waals surface area (Å²) >= 11 is 0. The van der Waals surface area contributed by atoms with Crippen LogP contribution >= 0.6 is 0 Å². The molecular weight excluding hydrogens is 523 g/mol. The van der Waals surface area contributed by atoms with Crippen LogP contribution in [-0.4, -0.2) is 35.8 Å². The van der Waals surface area contributed by atoms with Crippen LogP contribution in [0.2, 0.25) is 0 Å². The van der Waals surface area contributed by atoms with E-state index in [0.717, 1.165) is 25.4 Å². The van der Waals surface area contributed by atoms with E-state index in [-0.39, 0.29) is 34.6 Å². The molecule has 1 N–H and O–H groups in total. The number of carbonyl (C=O) groups is 1. The van der Waals surface area contributed by atoms with Crippen LogP contribution in [0, 0.1) is 19.7 Å². The second-order valence-corrected chi connectivity index (χ2v) is 10.6. The number of nitrogens with one attached hydrogen (secondary N) is 1. The molecule has 4 rings (SSSR count). The van der Waals surface area contributed by atoms with Crippen LogP contribution in [0.1, 0.15) is 45.6 Å². The summed E-state index contributed by atoms with van der Waals surface area (Å²) in [6, 6.07) is 5.05. The van der Waals surface area contributed by atoms with E-state index in [4.69, 9.17) is 4.74 Å². The van der Waals surface area contributed by atoms with Crippen LogP contribution < -0.4 is 10.1 Å².